The Labute approximate surface area is 192 Å². The van der Waals surface area contributed by atoms with Crippen molar-refractivity contribution in [1.29, 1.82) is 0 Å². The first-order chi connectivity index (χ1) is 16.2. The van der Waals surface area contributed by atoms with Gasteiger partial charge in [0.05, 0.1) is 42.9 Å². The molecule has 0 unspecified atom stereocenters. The maximum Gasteiger partial charge on any atom is 0.257 e. The zero-order chi connectivity index (χ0) is 22.6. The smallest absolute Gasteiger partial charge is 0.257 e. The molecule has 1 amide bonds. The molecule has 1 aliphatic heterocycles. The highest BCUT2D eigenvalue weighted by Gasteiger charge is 2.14. The monoisotopic (exact) mass is 442 g/mol. The van der Waals surface area contributed by atoms with Gasteiger partial charge in [0.15, 0.2) is 5.65 Å². The van der Waals surface area contributed by atoms with Crippen LogP contribution in [0, 0.1) is 0 Å². The number of fused-ring (bicyclic) bond motifs is 1. The van der Waals surface area contributed by atoms with Crippen LogP contribution in [0.4, 0.5) is 11.4 Å². The van der Waals surface area contributed by atoms with E-state index in [1.165, 1.54) is 0 Å². The van der Waals surface area contributed by atoms with E-state index in [1.54, 1.807) is 18.5 Å². The number of carbonyl (C=O) groups is 1. The second kappa shape index (κ2) is 9.40. The minimum atomic E-state index is -0.262. The Bertz CT molecular complexity index is 1260. The van der Waals surface area contributed by atoms with Gasteiger partial charge in [-0.25, -0.2) is 9.67 Å². The van der Waals surface area contributed by atoms with Gasteiger partial charge >= 0.3 is 0 Å². The SMILES string of the molecule is Nc1ccc(-c2ccccc2)cc1NC(=O)c1cnc2c(cnn2CCN2CCOCC2)c1. The zero-order valence-electron chi connectivity index (χ0n) is 18.3. The fraction of sp³-hybridized carbons (Fsp3) is 0.240. The molecule has 33 heavy (non-hydrogen) atoms. The van der Waals surface area contributed by atoms with Crippen LogP contribution < -0.4 is 11.1 Å². The molecular weight excluding hydrogens is 416 g/mol. The van der Waals surface area contributed by atoms with Crippen molar-refractivity contribution < 1.29 is 9.53 Å². The number of nitrogen functional groups attached to an aromatic ring is 1. The maximum absolute atomic E-state index is 12.9. The summed E-state index contributed by atoms with van der Waals surface area (Å²) in [5.74, 6) is -0.262. The standard InChI is InChI=1S/C25H26N6O2/c26-22-7-6-19(18-4-2-1-3-5-18)15-23(22)29-25(32)21-14-20-17-28-31(24(20)27-16-21)9-8-30-10-12-33-13-11-30/h1-7,14-17H,8-13,26H2,(H,29,32). The quantitative estimate of drug-likeness (QED) is 0.445. The molecular formula is C25H26N6O2. The number of amides is 1. The summed E-state index contributed by atoms with van der Waals surface area (Å²) < 4.78 is 7.28. The molecule has 3 N–H and O–H groups in total. The van der Waals surface area contributed by atoms with E-state index in [4.69, 9.17) is 10.5 Å². The Hall–Kier alpha value is -3.75. The van der Waals surface area contributed by atoms with Crippen LogP contribution in [0.5, 0.6) is 0 Å². The maximum atomic E-state index is 12.9. The van der Waals surface area contributed by atoms with Crippen LogP contribution in [0.1, 0.15) is 10.4 Å². The van der Waals surface area contributed by atoms with E-state index in [2.05, 4.69) is 20.3 Å². The molecule has 3 heterocycles. The summed E-state index contributed by atoms with van der Waals surface area (Å²) in [5, 5.41) is 8.22. The van der Waals surface area contributed by atoms with Crippen LogP contribution in [0.15, 0.2) is 67.0 Å². The highest BCUT2D eigenvalue weighted by molar-refractivity contribution is 6.07. The van der Waals surface area contributed by atoms with Crippen molar-refractivity contribution in [2.75, 3.05) is 43.9 Å². The van der Waals surface area contributed by atoms with Gasteiger partial charge in [-0.1, -0.05) is 36.4 Å². The summed E-state index contributed by atoms with van der Waals surface area (Å²) in [6.07, 6.45) is 3.34. The van der Waals surface area contributed by atoms with E-state index in [0.29, 0.717) is 16.9 Å². The lowest BCUT2D eigenvalue weighted by atomic mass is 10.0. The first-order valence-electron chi connectivity index (χ1n) is 11.1. The largest absolute Gasteiger partial charge is 0.397 e. The lowest BCUT2D eigenvalue weighted by Gasteiger charge is -2.26. The molecule has 0 aliphatic carbocycles. The Morgan fingerprint density at radius 2 is 1.82 bits per heavy atom. The van der Waals surface area contributed by atoms with E-state index in [-0.39, 0.29) is 5.91 Å². The molecule has 2 aromatic carbocycles. The van der Waals surface area contributed by atoms with E-state index >= 15 is 0 Å². The second-order valence-electron chi connectivity index (χ2n) is 8.08. The lowest BCUT2D eigenvalue weighted by molar-refractivity contribution is 0.0361. The number of anilines is 2. The summed E-state index contributed by atoms with van der Waals surface area (Å²) >= 11 is 0. The number of nitrogens with two attached hydrogens (primary N) is 1. The topological polar surface area (TPSA) is 98.3 Å². The molecule has 0 bridgehead atoms. The minimum Gasteiger partial charge on any atom is -0.397 e. The molecule has 168 valence electrons. The minimum absolute atomic E-state index is 0.262. The average molecular weight is 443 g/mol. The van der Waals surface area contributed by atoms with Gasteiger partial charge in [0.1, 0.15) is 0 Å². The second-order valence-corrected chi connectivity index (χ2v) is 8.08. The molecule has 1 aliphatic rings. The van der Waals surface area contributed by atoms with Crippen LogP contribution in [-0.4, -0.2) is 58.4 Å². The number of aromatic nitrogens is 3. The van der Waals surface area contributed by atoms with Gasteiger partial charge in [-0.05, 0) is 29.3 Å². The van der Waals surface area contributed by atoms with E-state index in [0.717, 1.165) is 61.6 Å². The molecule has 8 nitrogen and oxygen atoms in total. The number of hydrogen-bond acceptors (Lipinski definition) is 6. The van der Waals surface area contributed by atoms with Crippen LogP contribution in [0.2, 0.25) is 0 Å². The fourth-order valence-corrected chi connectivity index (χ4v) is 3.99. The summed E-state index contributed by atoms with van der Waals surface area (Å²) in [4.78, 5) is 19.8. The Kier molecular flexibility index (Phi) is 6.01. The van der Waals surface area contributed by atoms with Gasteiger partial charge < -0.3 is 15.8 Å². The van der Waals surface area contributed by atoms with Gasteiger partial charge in [-0.15, -0.1) is 0 Å². The molecule has 8 heteroatoms. The molecule has 1 fully saturated rings. The predicted octanol–water partition coefficient (Wildman–Crippen LogP) is 3.27. The van der Waals surface area contributed by atoms with Gasteiger partial charge in [0, 0.05) is 31.2 Å². The lowest BCUT2D eigenvalue weighted by Crippen LogP contribution is -2.38. The normalized spacial score (nSPS) is 14.4. The summed E-state index contributed by atoms with van der Waals surface area (Å²) in [6.45, 7) is 5.05. The molecule has 1 saturated heterocycles. The summed E-state index contributed by atoms with van der Waals surface area (Å²) in [5.41, 5.74) is 10.5. The van der Waals surface area contributed by atoms with E-state index < -0.39 is 0 Å². The number of pyridine rings is 1. The number of rotatable bonds is 6. The summed E-state index contributed by atoms with van der Waals surface area (Å²) in [7, 11) is 0. The highest BCUT2D eigenvalue weighted by atomic mass is 16.5. The third-order valence-electron chi connectivity index (χ3n) is 5.88. The van der Waals surface area contributed by atoms with Crippen molar-refractivity contribution in [3.05, 3.63) is 72.6 Å². The van der Waals surface area contributed by atoms with Crippen molar-refractivity contribution in [2.24, 2.45) is 0 Å². The number of carbonyl (C=O) groups excluding carboxylic acids is 1. The Morgan fingerprint density at radius 1 is 1.00 bits per heavy atom. The van der Waals surface area contributed by atoms with Gasteiger partial charge in [-0.2, -0.15) is 5.10 Å². The molecule has 5 rings (SSSR count). The molecule has 0 atom stereocenters. The molecule has 0 saturated carbocycles. The Morgan fingerprint density at radius 3 is 2.64 bits per heavy atom. The van der Waals surface area contributed by atoms with Crippen LogP contribution in [-0.2, 0) is 11.3 Å². The van der Waals surface area contributed by atoms with Crippen LogP contribution in [0.3, 0.4) is 0 Å². The number of morpholine rings is 1. The highest BCUT2D eigenvalue weighted by Crippen LogP contribution is 2.27. The van der Waals surface area contributed by atoms with Gasteiger partial charge in [-0.3, -0.25) is 9.69 Å². The first kappa shape index (κ1) is 21.1. The number of benzene rings is 2. The third-order valence-corrected chi connectivity index (χ3v) is 5.88. The molecule has 4 aromatic rings. The Balaban J connectivity index is 1.31. The molecule has 2 aromatic heterocycles. The van der Waals surface area contributed by atoms with Crippen molar-refractivity contribution in [2.45, 2.75) is 6.54 Å². The van der Waals surface area contributed by atoms with Crippen molar-refractivity contribution >= 4 is 28.3 Å². The summed E-state index contributed by atoms with van der Waals surface area (Å²) in [6, 6.07) is 17.4. The molecule has 0 spiro atoms. The van der Waals surface area contributed by atoms with E-state index in [1.807, 2.05) is 53.2 Å². The van der Waals surface area contributed by atoms with Crippen molar-refractivity contribution in [3.63, 3.8) is 0 Å². The fourth-order valence-electron chi connectivity index (χ4n) is 3.99. The van der Waals surface area contributed by atoms with Crippen molar-refractivity contribution in [3.8, 4) is 11.1 Å². The van der Waals surface area contributed by atoms with Gasteiger partial charge in [0.25, 0.3) is 5.91 Å². The number of nitrogens with one attached hydrogen (secondary N) is 1. The first-order valence-corrected chi connectivity index (χ1v) is 11.1. The number of ether oxygens (including phenoxy) is 1. The molecule has 0 radical (unpaired) electrons. The van der Waals surface area contributed by atoms with Crippen LogP contribution in [0.25, 0.3) is 22.2 Å². The predicted molar refractivity (Wildman–Crippen MR) is 129 cm³/mol. The number of nitrogens with zero attached hydrogens (tertiary/aromatic N) is 4. The van der Waals surface area contributed by atoms with Crippen LogP contribution >= 0.6 is 0 Å². The average Bonchev–Trinajstić information content (AvgIpc) is 3.27. The zero-order valence-corrected chi connectivity index (χ0v) is 18.3. The van der Waals surface area contributed by atoms with Gasteiger partial charge in [0.2, 0.25) is 0 Å². The third kappa shape index (κ3) is 4.72. The van der Waals surface area contributed by atoms with Crippen molar-refractivity contribution in [1.82, 2.24) is 19.7 Å². The van der Waals surface area contributed by atoms with E-state index in [9.17, 15) is 4.79 Å². The number of hydrogen-bond donors (Lipinski definition) is 2.